The molecule has 1 aromatic carbocycles. The predicted molar refractivity (Wildman–Crippen MR) is 73.6 cm³/mol. The molecule has 0 fully saturated rings. The molecule has 106 valence electrons. The molecule has 0 radical (unpaired) electrons. The molecular weight excluding hydrogens is 266 g/mol. The highest BCUT2D eigenvalue weighted by atomic mass is 32.2. The second kappa shape index (κ2) is 7.25. The van der Waals surface area contributed by atoms with E-state index in [4.69, 9.17) is 5.11 Å². The molecular formula is C13H19NO4S. The van der Waals surface area contributed by atoms with Crippen molar-refractivity contribution in [2.24, 2.45) is 0 Å². The summed E-state index contributed by atoms with van der Waals surface area (Å²) in [5.41, 5.74) is 0.727. The first-order chi connectivity index (χ1) is 8.94. The van der Waals surface area contributed by atoms with Gasteiger partial charge in [0.15, 0.2) is 0 Å². The van der Waals surface area contributed by atoms with Crippen LogP contribution in [0.1, 0.15) is 42.1 Å². The van der Waals surface area contributed by atoms with Crippen LogP contribution >= 0.6 is 0 Å². The van der Waals surface area contributed by atoms with Crippen molar-refractivity contribution < 1.29 is 18.3 Å². The Labute approximate surface area is 113 Å². The van der Waals surface area contributed by atoms with Gasteiger partial charge in [-0.2, -0.15) is 0 Å². The highest BCUT2D eigenvalue weighted by Gasteiger charge is 2.11. The summed E-state index contributed by atoms with van der Waals surface area (Å²) < 4.78 is 26.0. The van der Waals surface area contributed by atoms with E-state index in [2.05, 4.69) is 11.6 Å². The topological polar surface area (TPSA) is 83.5 Å². The molecule has 0 unspecified atom stereocenters. The number of carbonyl (C=O) groups is 1. The number of sulfonamides is 1. The molecule has 0 saturated heterocycles. The fraction of sp³-hybridized carbons (Fsp3) is 0.462. The molecule has 1 aromatic rings. The minimum Gasteiger partial charge on any atom is -0.478 e. The van der Waals surface area contributed by atoms with Crippen molar-refractivity contribution in [2.45, 2.75) is 31.9 Å². The molecule has 0 spiro atoms. The number of carboxylic acid groups (broad SMARTS) is 1. The lowest BCUT2D eigenvalue weighted by Gasteiger charge is -2.06. The smallest absolute Gasteiger partial charge is 0.335 e. The van der Waals surface area contributed by atoms with Crippen molar-refractivity contribution in [3.05, 3.63) is 35.4 Å². The van der Waals surface area contributed by atoms with Gasteiger partial charge in [0.25, 0.3) is 0 Å². The summed E-state index contributed by atoms with van der Waals surface area (Å²) in [6.07, 6.45) is 2.86. The van der Waals surface area contributed by atoms with Gasteiger partial charge in [-0.3, -0.25) is 0 Å². The fourth-order valence-electron chi connectivity index (χ4n) is 1.62. The largest absolute Gasteiger partial charge is 0.478 e. The summed E-state index contributed by atoms with van der Waals surface area (Å²) in [6.45, 7) is 2.50. The average molecular weight is 285 g/mol. The molecule has 5 nitrogen and oxygen atoms in total. The van der Waals surface area contributed by atoms with Crippen molar-refractivity contribution in [3.8, 4) is 0 Å². The molecule has 19 heavy (non-hydrogen) atoms. The Bertz CT molecular complexity index is 508. The first kappa shape index (κ1) is 15.7. The Morgan fingerprint density at radius 1 is 1.21 bits per heavy atom. The quantitative estimate of drug-likeness (QED) is 0.715. The highest BCUT2D eigenvalue weighted by Crippen LogP contribution is 2.08. The van der Waals surface area contributed by atoms with Crippen LogP contribution in [0.25, 0.3) is 0 Å². The van der Waals surface area contributed by atoms with Crippen molar-refractivity contribution >= 4 is 16.0 Å². The Morgan fingerprint density at radius 3 is 2.37 bits per heavy atom. The van der Waals surface area contributed by atoms with E-state index in [1.54, 1.807) is 0 Å². The first-order valence-electron chi connectivity index (χ1n) is 6.24. The van der Waals surface area contributed by atoms with Gasteiger partial charge in [-0.15, -0.1) is 0 Å². The number of rotatable bonds is 8. The molecule has 2 N–H and O–H groups in total. The molecule has 0 aliphatic rings. The van der Waals surface area contributed by atoms with Gasteiger partial charge in [0, 0.05) is 6.54 Å². The number of hydrogen-bond acceptors (Lipinski definition) is 3. The maximum absolute atomic E-state index is 11.8. The molecule has 0 aliphatic heterocycles. The van der Waals surface area contributed by atoms with E-state index in [9.17, 15) is 13.2 Å². The normalized spacial score (nSPS) is 11.4. The second-order valence-electron chi connectivity index (χ2n) is 4.36. The van der Waals surface area contributed by atoms with Crippen molar-refractivity contribution in [2.75, 3.05) is 6.54 Å². The SMILES string of the molecule is CCCCCNS(=O)(=O)Cc1ccc(C(=O)O)cc1. The number of unbranched alkanes of at least 4 members (excludes halogenated alkanes) is 2. The summed E-state index contributed by atoms with van der Waals surface area (Å²) in [5, 5.41) is 8.74. The molecule has 0 saturated carbocycles. The second-order valence-corrected chi connectivity index (χ2v) is 6.17. The predicted octanol–water partition coefficient (Wildman–Crippen LogP) is 1.99. The lowest BCUT2D eigenvalue weighted by Crippen LogP contribution is -2.26. The van der Waals surface area contributed by atoms with E-state index in [0.29, 0.717) is 12.1 Å². The van der Waals surface area contributed by atoms with E-state index in [-0.39, 0.29) is 11.3 Å². The van der Waals surface area contributed by atoms with Gasteiger partial charge in [0.1, 0.15) is 0 Å². The van der Waals surface area contributed by atoms with Crippen LogP contribution in [0, 0.1) is 0 Å². The Balaban J connectivity index is 2.55. The van der Waals surface area contributed by atoms with Gasteiger partial charge in [-0.05, 0) is 24.1 Å². The Morgan fingerprint density at radius 2 is 1.84 bits per heavy atom. The standard InChI is InChI=1S/C13H19NO4S/c1-2-3-4-9-14-19(17,18)10-11-5-7-12(8-6-11)13(15)16/h5-8,14H,2-4,9-10H2,1H3,(H,15,16). The van der Waals surface area contributed by atoms with Gasteiger partial charge in [0.05, 0.1) is 11.3 Å². The molecule has 1 rings (SSSR count). The Kier molecular flexibility index (Phi) is 5.98. The minimum absolute atomic E-state index is 0.126. The van der Waals surface area contributed by atoms with Crippen LogP contribution in [0.3, 0.4) is 0 Å². The molecule has 0 heterocycles. The maximum Gasteiger partial charge on any atom is 0.335 e. The maximum atomic E-state index is 11.8. The third-order valence-corrected chi connectivity index (χ3v) is 4.02. The van der Waals surface area contributed by atoms with Crippen LogP contribution < -0.4 is 4.72 Å². The summed E-state index contributed by atoms with van der Waals surface area (Å²) in [7, 11) is -3.35. The van der Waals surface area contributed by atoms with Crippen LogP contribution in [-0.4, -0.2) is 26.0 Å². The third kappa shape index (κ3) is 5.85. The molecule has 0 aromatic heterocycles. The van der Waals surface area contributed by atoms with Crippen LogP contribution in [0.15, 0.2) is 24.3 Å². The van der Waals surface area contributed by atoms with Gasteiger partial charge in [-0.1, -0.05) is 31.9 Å². The summed E-state index contributed by atoms with van der Waals surface area (Å²) in [4.78, 5) is 10.7. The van der Waals surface area contributed by atoms with E-state index in [1.165, 1.54) is 24.3 Å². The number of benzene rings is 1. The van der Waals surface area contributed by atoms with E-state index in [1.807, 2.05) is 0 Å². The molecule has 0 aliphatic carbocycles. The van der Waals surface area contributed by atoms with E-state index >= 15 is 0 Å². The Hall–Kier alpha value is -1.40. The van der Waals surface area contributed by atoms with Crippen molar-refractivity contribution in [1.29, 1.82) is 0 Å². The zero-order valence-corrected chi connectivity index (χ0v) is 11.7. The highest BCUT2D eigenvalue weighted by molar-refractivity contribution is 7.88. The van der Waals surface area contributed by atoms with E-state index in [0.717, 1.165) is 19.3 Å². The summed E-state index contributed by atoms with van der Waals surface area (Å²) in [6, 6.07) is 5.86. The molecule has 0 bridgehead atoms. The van der Waals surface area contributed by atoms with Crippen LogP contribution in [-0.2, 0) is 15.8 Å². The summed E-state index contributed by atoms with van der Waals surface area (Å²) >= 11 is 0. The van der Waals surface area contributed by atoms with Crippen LogP contribution in [0.2, 0.25) is 0 Å². The number of nitrogens with one attached hydrogen (secondary N) is 1. The lowest BCUT2D eigenvalue weighted by atomic mass is 10.1. The number of hydrogen-bond donors (Lipinski definition) is 2. The lowest BCUT2D eigenvalue weighted by molar-refractivity contribution is 0.0697. The number of carboxylic acids is 1. The zero-order valence-electron chi connectivity index (χ0n) is 10.9. The first-order valence-corrected chi connectivity index (χ1v) is 7.89. The minimum atomic E-state index is -3.35. The zero-order chi connectivity index (χ0) is 14.3. The molecule has 0 atom stereocenters. The van der Waals surface area contributed by atoms with Crippen molar-refractivity contribution in [1.82, 2.24) is 4.72 Å². The summed E-state index contributed by atoms with van der Waals surface area (Å²) in [5.74, 6) is -1.15. The number of aromatic carboxylic acids is 1. The van der Waals surface area contributed by atoms with Gasteiger partial charge in [-0.25, -0.2) is 17.9 Å². The third-order valence-electron chi connectivity index (χ3n) is 2.66. The van der Waals surface area contributed by atoms with E-state index < -0.39 is 16.0 Å². The van der Waals surface area contributed by atoms with Crippen LogP contribution in [0.5, 0.6) is 0 Å². The van der Waals surface area contributed by atoms with Gasteiger partial charge < -0.3 is 5.11 Å². The van der Waals surface area contributed by atoms with Crippen LogP contribution in [0.4, 0.5) is 0 Å². The van der Waals surface area contributed by atoms with Gasteiger partial charge in [0.2, 0.25) is 10.0 Å². The van der Waals surface area contributed by atoms with Crippen molar-refractivity contribution in [3.63, 3.8) is 0 Å². The average Bonchev–Trinajstić information content (AvgIpc) is 2.35. The van der Waals surface area contributed by atoms with Gasteiger partial charge >= 0.3 is 5.97 Å². The molecule has 0 amide bonds. The fourth-order valence-corrected chi connectivity index (χ4v) is 2.81. The monoisotopic (exact) mass is 285 g/mol. The molecule has 6 heteroatoms.